The fourth-order valence-electron chi connectivity index (χ4n) is 4.45. The number of carbonyl (C=O) groups is 3. The molecule has 0 saturated carbocycles. The van der Waals surface area contributed by atoms with Crippen molar-refractivity contribution in [3.63, 3.8) is 0 Å². The molecular weight excluding hydrogens is 524 g/mol. The third-order valence-corrected chi connectivity index (χ3v) is 7.71. The summed E-state index contributed by atoms with van der Waals surface area (Å²) in [4.78, 5) is 47.8. The van der Waals surface area contributed by atoms with Crippen LogP contribution in [0.25, 0.3) is 0 Å². The quantitative estimate of drug-likeness (QED) is 0.310. The van der Waals surface area contributed by atoms with Gasteiger partial charge in [-0.25, -0.2) is 4.79 Å². The van der Waals surface area contributed by atoms with Crippen LogP contribution in [0.2, 0.25) is 0 Å². The van der Waals surface area contributed by atoms with Crippen molar-refractivity contribution in [2.75, 3.05) is 22.5 Å². The molecule has 1 saturated heterocycles. The third kappa shape index (κ3) is 6.50. The Morgan fingerprint density at radius 1 is 0.875 bits per heavy atom. The molecule has 1 fully saturated rings. The van der Waals surface area contributed by atoms with Gasteiger partial charge in [-0.05, 0) is 47.5 Å². The molecule has 40 heavy (non-hydrogen) atoms. The minimum absolute atomic E-state index is 0.0761. The molecule has 0 spiro atoms. The van der Waals surface area contributed by atoms with Crippen LogP contribution in [-0.2, 0) is 20.9 Å². The van der Waals surface area contributed by atoms with Gasteiger partial charge in [-0.1, -0.05) is 66.7 Å². The number of hydrogen-bond donors (Lipinski definition) is 1. The Morgan fingerprint density at radius 2 is 1.50 bits per heavy atom. The Balaban J connectivity index is 1.41. The van der Waals surface area contributed by atoms with Crippen molar-refractivity contribution in [1.82, 2.24) is 9.88 Å². The molecule has 2 atom stereocenters. The number of benzene rings is 3. The number of nitrogens with one attached hydrogen (secondary N) is 1. The minimum atomic E-state index is -0.851. The zero-order chi connectivity index (χ0) is 27.7. The Labute approximate surface area is 237 Å². The van der Waals surface area contributed by atoms with Crippen LogP contribution in [0.5, 0.6) is 0 Å². The number of hydrogen-bond acceptors (Lipinski definition) is 6. The molecule has 1 N–H and O–H groups in total. The summed E-state index contributed by atoms with van der Waals surface area (Å²) in [5.74, 6) is -0.372. The molecule has 0 bridgehead atoms. The summed E-state index contributed by atoms with van der Waals surface area (Å²) in [6.45, 7) is -0.140. The topological polar surface area (TPSA) is 91.8 Å². The number of aromatic nitrogens is 1. The Kier molecular flexibility index (Phi) is 8.73. The predicted molar refractivity (Wildman–Crippen MR) is 156 cm³/mol. The lowest BCUT2D eigenvalue weighted by Gasteiger charge is -2.32. The van der Waals surface area contributed by atoms with Gasteiger partial charge in [0.1, 0.15) is 24.6 Å². The standard InChI is InChI=1S/C31H28N4O4S/c36-28(33-25-12-6-2-7-13-25)20-34(26-14-8-3-9-15-26)29(37)27-22-40-30(24-16-18-32-19-17-24)35(27)31(38)39-21-23-10-4-1-5-11-23/h1-19,27,30H,20-22H2,(H,33,36). The molecule has 9 heteroatoms. The lowest BCUT2D eigenvalue weighted by atomic mass is 10.1. The van der Waals surface area contributed by atoms with Crippen molar-refractivity contribution in [2.45, 2.75) is 18.0 Å². The normalized spacial score (nSPS) is 16.2. The second-order valence-electron chi connectivity index (χ2n) is 9.10. The number of thioether (sulfide) groups is 1. The van der Waals surface area contributed by atoms with Gasteiger partial charge in [0.2, 0.25) is 5.91 Å². The van der Waals surface area contributed by atoms with E-state index >= 15 is 0 Å². The molecule has 8 nitrogen and oxygen atoms in total. The average Bonchev–Trinajstić information content (AvgIpc) is 3.46. The first-order valence-electron chi connectivity index (χ1n) is 12.8. The summed E-state index contributed by atoms with van der Waals surface area (Å²) >= 11 is 1.47. The zero-order valence-corrected chi connectivity index (χ0v) is 22.4. The van der Waals surface area contributed by atoms with E-state index in [1.165, 1.54) is 21.6 Å². The number of amides is 3. The lowest BCUT2D eigenvalue weighted by molar-refractivity contribution is -0.124. The molecule has 1 aromatic heterocycles. The number of ether oxygens (including phenoxy) is 1. The number of carbonyl (C=O) groups excluding carboxylic acids is 3. The highest BCUT2D eigenvalue weighted by Crippen LogP contribution is 2.42. The van der Waals surface area contributed by atoms with E-state index < -0.39 is 17.5 Å². The molecule has 5 rings (SSSR count). The number of anilines is 2. The lowest BCUT2D eigenvalue weighted by Crippen LogP contribution is -2.51. The van der Waals surface area contributed by atoms with E-state index in [1.54, 1.807) is 48.8 Å². The second-order valence-corrected chi connectivity index (χ2v) is 10.2. The van der Waals surface area contributed by atoms with E-state index in [9.17, 15) is 14.4 Å². The highest BCUT2D eigenvalue weighted by Gasteiger charge is 2.45. The number of rotatable bonds is 8. The van der Waals surface area contributed by atoms with E-state index in [0.717, 1.165) is 11.1 Å². The summed E-state index contributed by atoms with van der Waals surface area (Å²) in [6, 6.07) is 30.2. The molecule has 1 aliphatic heterocycles. The molecule has 3 aromatic carbocycles. The molecule has 2 unspecified atom stereocenters. The van der Waals surface area contributed by atoms with E-state index in [2.05, 4.69) is 10.3 Å². The summed E-state index contributed by atoms with van der Waals surface area (Å²) < 4.78 is 5.70. The van der Waals surface area contributed by atoms with Gasteiger partial charge in [0, 0.05) is 29.5 Å². The fourth-order valence-corrected chi connectivity index (χ4v) is 5.86. The summed E-state index contributed by atoms with van der Waals surface area (Å²) in [6.07, 6.45) is 2.71. The van der Waals surface area contributed by atoms with E-state index in [-0.39, 0.29) is 25.0 Å². The smallest absolute Gasteiger partial charge is 0.412 e. The summed E-state index contributed by atoms with van der Waals surface area (Å²) in [5, 5.41) is 2.40. The molecule has 202 valence electrons. The van der Waals surface area contributed by atoms with Gasteiger partial charge in [-0.3, -0.25) is 19.5 Å². The molecule has 4 aromatic rings. The average molecular weight is 553 g/mol. The monoisotopic (exact) mass is 552 g/mol. The first-order valence-corrected chi connectivity index (χ1v) is 13.9. The molecule has 1 aliphatic rings. The maximum atomic E-state index is 14.2. The number of para-hydroxylation sites is 2. The van der Waals surface area contributed by atoms with Gasteiger partial charge in [0.05, 0.1) is 0 Å². The molecule has 0 aliphatic carbocycles. The van der Waals surface area contributed by atoms with Crippen LogP contribution in [-0.4, -0.2) is 46.1 Å². The Morgan fingerprint density at radius 3 is 2.17 bits per heavy atom. The van der Waals surface area contributed by atoms with Gasteiger partial charge in [0.25, 0.3) is 5.91 Å². The van der Waals surface area contributed by atoms with Crippen LogP contribution < -0.4 is 10.2 Å². The van der Waals surface area contributed by atoms with Gasteiger partial charge in [-0.2, -0.15) is 0 Å². The van der Waals surface area contributed by atoms with Crippen LogP contribution in [0.15, 0.2) is 116 Å². The van der Waals surface area contributed by atoms with E-state index in [0.29, 0.717) is 17.1 Å². The van der Waals surface area contributed by atoms with Crippen molar-refractivity contribution in [1.29, 1.82) is 0 Å². The maximum Gasteiger partial charge on any atom is 0.412 e. The summed E-state index contributed by atoms with van der Waals surface area (Å²) in [5.41, 5.74) is 2.87. The molecule has 2 heterocycles. The van der Waals surface area contributed by atoms with Crippen molar-refractivity contribution >= 4 is 41.0 Å². The molecule has 3 amide bonds. The minimum Gasteiger partial charge on any atom is -0.444 e. The SMILES string of the molecule is O=C(CN(C(=O)C1CSC(c2ccncc2)N1C(=O)OCc1ccccc1)c1ccccc1)Nc1ccccc1. The van der Waals surface area contributed by atoms with Crippen LogP contribution in [0, 0.1) is 0 Å². The van der Waals surface area contributed by atoms with Crippen molar-refractivity contribution in [3.05, 3.63) is 127 Å². The van der Waals surface area contributed by atoms with Crippen LogP contribution >= 0.6 is 11.8 Å². The Hall–Kier alpha value is -4.63. The van der Waals surface area contributed by atoms with Crippen LogP contribution in [0.4, 0.5) is 16.2 Å². The van der Waals surface area contributed by atoms with Crippen molar-refractivity contribution < 1.29 is 19.1 Å². The van der Waals surface area contributed by atoms with Gasteiger partial charge >= 0.3 is 6.09 Å². The second kappa shape index (κ2) is 12.9. The largest absolute Gasteiger partial charge is 0.444 e. The number of nitrogens with zero attached hydrogens (tertiary/aromatic N) is 3. The van der Waals surface area contributed by atoms with Crippen LogP contribution in [0.3, 0.4) is 0 Å². The molecule has 0 radical (unpaired) electrons. The van der Waals surface area contributed by atoms with Gasteiger partial charge in [0.15, 0.2) is 0 Å². The van der Waals surface area contributed by atoms with E-state index in [1.807, 2.05) is 66.7 Å². The Bertz CT molecular complexity index is 1430. The van der Waals surface area contributed by atoms with Crippen molar-refractivity contribution in [3.8, 4) is 0 Å². The van der Waals surface area contributed by atoms with Crippen molar-refractivity contribution in [2.24, 2.45) is 0 Å². The highest BCUT2D eigenvalue weighted by atomic mass is 32.2. The first-order chi connectivity index (χ1) is 19.6. The third-order valence-electron chi connectivity index (χ3n) is 6.39. The van der Waals surface area contributed by atoms with Gasteiger partial charge < -0.3 is 15.0 Å². The fraction of sp³-hybridized carbons (Fsp3) is 0.161. The van der Waals surface area contributed by atoms with Crippen LogP contribution in [0.1, 0.15) is 16.5 Å². The van der Waals surface area contributed by atoms with Gasteiger partial charge in [-0.15, -0.1) is 11.8 Å². The first kappa shape index (κ1) is 27.0. The zero-order valence-electron chi connectivity index (χ0n) is 21.6. The maximum absolute atomic E-state index is 14.2. The predicted octanol–water partition coefficient (Wildman–Crippen LogP) is 5.51. The summed E-state index contributed by atoms with van der Waals surface area (Å²) in [7, 11) is 0. The van der Waals surface area contributed by atoms with E-state index in [4.69, 9.17) is 4.74 Å². The highest BCUT2D eigenvalue weighted by molar-refractivity contribution is 7.99. The number of pyridine rings is 1. The molecular formula is C31H28N4O4S.